The minimum Gasteiger partial charge on any atom is -0.469 e. The summed E-state index contributed by atoms with van der Waals surface area (Å²) >= 11 is 0. The van der Waals surface area contributed by atoms with Crippen molar-refractivity contribution in [3.63, 3.8) is 0 Å². The number of nitrogens with one attached hydrogen (secondary N) is 3. The zero-order chi connectivity index (χ0) is 19.6. The molecule has 0 unspecified atom stereocenters. The number of amides is 1. The second-order valence-corrected chi connectivity index (χ2v) is 6.03. The Morgan fingerprint density at radius 3 is 2.07 bits per heavy atom. The maximum atomic E-state index is 12.1. The average molecular weight is 368 g/mol. The van der Waals surface area contributed by atoms with Gasteiger partial charge in [0.15, 0.2) is 5.96 Å². The van der Waals surface area contributed by atoms with Crippen molar-refractivity contribution in [3.8, 4) is 11.1 Å². The molecule has 2 rings (SSSR count). The molecule has 0 saturated heterocycles. The van der Waals surface area contributed by atoms with E-state index >= 15 is 0 Å². The molecule has 0 aliphatic rings. The van der Waals surface area contributed by atoms with E-state index in [2.05, 4.69) is 15.4 Å². The predicted molar refractivity (Wildman–Crippen MR) is 107 cm³/mol. The maximum Gasteiger partial charge on any atom is 0.305 e. The first kappa shape index (κ1) is 20.0. The van der Waals surface area contributed by atoms with Gasteiger partial charge in [-0.1, -0.05) is 24.3 Å². The van der Waals surface area contributed by atoms with E-state index in [1.54, 1.807) is 0 Å². The Labute approximate surface area is 158 Å². The molecule has 27 heavy (non-hydrogen) atoms. The molecule has 7 heteroatoms. The van der Waals surface area contributed by atoms with Crippen LogP contribution in [-0.4, -0.2) is 24.9 Å². The molecule has 5 N–H and O–H groups in total. The van der Waals surface area contributed by atoms with Crippen LogP contribution in [0.1, 0.15) is 25.7 Å². The molecule has 0 aliphatic carbocycles. The number of benzene rings is 2. The summed E-state index contributed by atoms with van der Waals surface area (Å²) in [5.74, 6) is -0.478. The first-order chi connectivity index (χ1) is 13.0. The SMILES string of the molecule is COC(=O)CCCCC(=O)Nc1cccc(-c2cccc(NC(=N)N)c2)c1. The van der Waals surface area contributed by atoms with Crippen molar-refractivity contribution in [2.75, 3.05) is 17.7 Å². The molecule has 0 saturated carbocycles. The highest BCUT2D eigenvalue weighted by molar-refractivity contribution is 5.92. The van der Waals surface area contributed by atoms with Crippen LogP contribution in [0.4, 0.5) is 11.4 Å². The second-order valence-electron chi connectivity index (χ2n) is 6.03. The topological polar surface area (TPSA) is 117 Å². The Bertz CT molecular complexity index is 820. The third kappa shape index (κ3) is 6.81. The smallest absolute Gasteiger partial charge is 0.305 e. The summed E-state index contributed by atoms with van der Waals surface area (Å²) < 4.78 is 4.58. The third-order valence-corrected chi connectivity index (χ3v) is 3.88. The second kappa shape index (κ2) is 9.96. The number of hydrogen-bond donors (Lipinski definition) is 4. The van der Waals surface area contributed by atoms with Gasteiger partial charge in [0.1, 0.15) is 0 Å². The quantitative estimate of drug-likeness (QED) is 0.247. The van der Waals surface area contributed by atoms with Gasteiger partial charge in [-0.15, -0.1) is 0 Å². The number of rotatable bonds is 8. The lowest BCUT2D eigenvalue weighted by molar-refractivity contribution is -0.140. The number of unbranched alkanes of at least 4 members (excludes halogenated alkanes) is 1. The number of anilines is 2. The largest absolute Gasteiger partial charge is 0.469 e. The summed E-state index contributed by atoms with van der Waals surface area (Å²) in [4.78, 5) is 23.1. The molecule has 0 heterocycles. The Morgan fingerprint density at radius 2 is 1.52 bits per heavy atom. The van der Waals surface area contributed by atoms with Crippen molar-refractivity contribution in [3.05, 3.63) is 48.5 Å². The Hall–Kier alpha value is -3.35. The molecule has 0 aliphatic heterocycles. The summed E-state index contributed by atoms with van der Waals surface area (Å²) in [6.45, 7) is 0. The van der Waals surface area contributed by atoms with Gasteiger partial charge in [0, 0.05) is 24.2 Å². The molecule has 1 amide bonds. The Balaban J connectivity index is 1.96. The van der Waals surface area contributed by atoms with E-state index in [4.69, 9.17) is 11.1 Å². The molecule has 0 aromatic heterocycles. The van der Waals surface area contributed by atoms with Crippen LogP contribution in [0.5, 0.6) is 0 Å². The number of carbonyl (C=O) groups excluding carboxylic acids is 2. The molecular formula is C20H24N4O3. The fourth-order valence-electron chi connectivity index (χ4n) is 2.59. The first-order valence-electron chi connectivity index (χ1n) is 8.66. The predicted octanol–water partition coefficient (Wildman–Crippen LogP) is 3.33. The van der Waals surface area contributed by atoms with E-state index < -0.39 is 0 Å². The minimum absolute atomic E-state index is 0.0935. The highest BCUT2D eigenvalue weighted by Gasteiger charge is 2.06. The van der Waals surface area contributed by atoms with Gasteiger partial charge in [-0.3, -0.25) is 15.0 Å². The van der Waals surface area contributed by atoms with Gasteiger partial charge in [0.25, 0.3) is 0 Å². The number of carbonyl (C=O) groups is 2. The lowest BCUT2D eigenvalue weighted by Crippen LogP contribution is -2.20. The van der Waals surface area contributed by atoms with E-state index in [0.717, 1.165) is 16.8 Å². The van der Waals surface area contributed by atoms with Crippen molar-refractivity contribution >= 4 is 29.2 Å². The summed E-state index contributed by atoms with van der Waals surface area (Å²) in [5.41, 5.74) is 8.67. The van der Waals surface area contributed by atoms with Crippen LogP contribution in [-0.2, 0) is 14.3 Å². The Kier molecular flexibility index (Phi) is 7.37. The van der Waals surface area contributed by atoms with Gasteiger partial charge in [-0.2, -0.15) is 0 Å². The van der Waals surface area contributed by atoms with Crippen LogP contribution in [0, 0.1) is 5.41 Å². The monoisotopic (exact) mass is 368 g/mol. The number of esters is 1. The van der Waals surface area contributed by atoms with Gasteiger partial charge < -0.3 is 21.1 Å². The fourth-order valence-corrected chi connectivity index (χ4v) is 2.59. The third-order valence-electron chi connectivity index (χ3n) is 3.88. The van der Waals surface area contributed by atoms with E-state index in [1.807, 2.05) is 48.5 Å². The molecule has 7 nitrogen and oxygen atoms in total. The Morgan fingerprint density at radius 1 is 0.963 bits per heavy atom. The van der Waals surface area contributed by atoms with Gasteiger partial charge in [-0.05, 0) is 48.2 Å². The standard InChI is InChI=1S/C20H24N4O3/c1-27-19(26)11-3-2-10-18(25)23-16-8-4-6-14(12-16)15-7-5-9-17(13-15)24-20(21)22/h4-9,12-13H,2-3,10-11H2,1H3,(H,23,25)(H4,21,22,24). The molecule has 2 aromatic rings. The van der Waals surface area contributed by atoms with E-state index in [0.29, 0.717) is 31.4 Å². The summed E-state index contributed by atoms with van der Waals surface area (Å²) in [7, 11) is 1.36. The molecular weight excluding hydrogens is 344 g/mol. The van der Waals surface area contributed by atoms with Crippen molar-refractivity contribution in [2.24, 2.45) is 5.73 Å². The molecule has 142 valence electrons. The first-order valence-corrected chi connectivity index (χ1v) is 8.66. The van der Waals surface area contributed by atoms with Gasteiger partial charge in [0.05, 0.1) is 7.11 Å². The van der Waals surface area contributed by atoms with Crippen molar-refractivity contribution in [1.29, 1.82) is 5.41 Å². The normalized spacial score (nSPS) is 10.1. The zero-order valence-electron chi connectivity index (χ0n) is 15.2. The molecule has 0 radical (unpaired) electrons. The molecule has 0 bridgehead atoms. The van der Waals surface area contributed by atoms with Crippen LogP contribution >= 0.6 is 0 Å². The van der Waals surface area contributed by atoms with Gasteiger partial charge >= 0.3 is 5.97 Å². The van der Waals surface area contributed by atoms with Gasteiger partial charge in [-0.25, -0.2) is 0 Å². The number of ether oxygens (including phenoxy) is 1. The zero-order valence-corrected chi connectivity index (χ0v) is 15.2. The number of methoxy groups -OCH3 is 1. The van der Waals surface area contributed by atoms with Crippen LogP contribution < -0.4 is 16.4 Å². The van der Waals surface area contributed by atoms with E-state index in [-0.39, 0.29) is 17.8 Å². The van der Waals surface area contributed by atoms with E-state index in [9.17, 15) is 9.59 Å². The van der Waals surface area contributed by atoms with E-state index in [1.165, 1.54) is 7.11 Å². The number of guanidine groups is 1. The van der Waals surface area contributed by atoms with Crippen LogP contribution in [0.2, 0.25) is 0 Å². The number of hydrogen-bond acceptors (Lipinski definition) is 4. The van der Waals surface area contributed by atoms with Gasteiger partial charge in [0.2, 0.25) is 5.91 Å². The van der Waals surface area contributed by atoms with Crippen molar-refractivity contribution in [1.82, 2.24) is 0 Å². The molecule has 0 atom stereocenters. The number of nitrogens with two attached hydrogens (primary N) is 1. The summed E-state index contributed by atoms with van der Waals surface area (Å²) in [5, 5.41) is 13.0. The highest BCUT2D eigenvalue weighted by Crippen LogP contribution is 2.25. The average Bonchev–Trinajstić information content (AvgIpc) is 2.65. The minimum atomic E-state index is -0.260. The maximum absolute atomic E-state index is 12.1. The molecule has 0 fully saturated rings. The summed E-state index contributed by atoms with van der Waals surface area (Å²) in [6, 6.07) is 15.0. The summed E-state index contributed by atoms with van der Waals surface area (Å²) in [6.07, 6.45) is 1.92. The van der Waals surface area contributed by atoms with Crippen molar-refractivity contribution < 1.29 is 14.3 Å². The molecule has 2 aromatic carbocycles. The lowest BCUT2D eigenvalue weighted by Gasteiger charge is -2.10. The highest BCUT2D eigenvalue weighted by atomic mass is 16.5. The van der Waals surface area contributed by atoms with Crippen LogP contribution in [0.15, 0.2) is 48.5 Å². The van der Waals surface area contributed by atoms with Crippen molar-refractivity contribution in [2.45, 2.75) is 25.7 Å². The molecule has 0 spiro atoms. The fraction of sp³-hybridized carbons (Fsp3) is 0.250. The van der Waals surface area contributed by atoms with Crippen LogP contribution in [0.25, 0.3) is 11.1 Å². The lowest BCUT2D eigenvalue weighted by atomic mass is 10.0. The van der Waals surface area contributed by atoms with Crippen LogP contribution in [0.3, 0.4) is 0 Å².